The van der Waals surface area contributed by atoms with Gasteiger partial charge in [-0.15, -0.1) is 0 Å². The lowest BCUT2D eigenvalue weighted by atomic mass is 10.1. The van der Waals surface area contributed by atoms with Crippen molar-refractivity contribution in [1.29, 1.82) is 0 Å². The number of aromatic amines is 2. The molecule has 0 aliphatic carbocycles. The van der Waals surface area contributed by atoms with E-state index in [0.29, 0.717) is 22.4 Å². The SMILES string of the molecule is C=N/C(Nc1ccc2[nH]c(=O)[nH]c2c1)=C(\C=Nc1ccc2c(c1)CSC2)[N+](=O)[O-].CN. The molecule has 0 unspecified atom stereocenters. The topological polar surface area (TPSA) is 155 Å². The second-order valence-electron chi connectivity index (χ2n) is 6.32. The van der Waals surface area contributed by atoms with Crippen molar-refractivity contribution in [2.45, 2.75) is 11.5 Å². The first-order chi connectivity index (χ1) is 15.0. The van der Waals surface area contributed by atoms with E-state index in [1.54, 1.807) is 18.2 Å². The Hall–Kier alpha value is -3.70. The maximum Gasteiger partial charge on any atom is 0.329 e. The van der Waals surface area contributed by atoms with E-state index in [0.717, 1.165) is 17.7 Å². The van der Waals surface area contributed by atoms with E-state index < -0.39 is 4.92 Å². The molecule has 0 spiro atoms. The van der Waals surface area contributed by atoms with E-state index in [2.05, 4.69) is 37.7 Å². The lowest BCUT2D eigenvalue weighted by Gasteiger charge is -2.06. The monoisotopic (exact) mass is 439 g/mol. The van der Waals surface area contributed by atoms with Crippen LogP contribution in [0.3, 0.4) is 0 Å². The number of nitrogens with two attached hydrogens (primary N) is 1. The number of thioether (sulfide) groups is 1. The minimum atomic E-state index is -0.569. The number of rotatable bonds is 6. The highest BCUT2D eigenvalue weighted by Crippen LogP contribution is 2.32. The number of hydrogen-bond donors (Lipinski definition) is 4. The number of anilines is 1. The first-order valence-electron chi connectivity index (χ1n) is 9.19. The molecule has 1 aliphatic heterocycles. The highest BCUT2D eigenvalue weighted by Gasteiger charge is 2.17. The summed E-state index contributed by atoms with van der Waals surface area (Å²) in [6, 6.07) is 10.8. The number of nitrogens with zero attached hydrogens (tertiary/aromatic N) is 3. The maximum absolute atomic E-state index is 11.6. The van der Waals surface area contributed by atoms with E-state index in [1.165, 1.54) is 18.2 Å². The van der Waals surface area contributed by atoms with Crippen LogP contribution in [-0.2, 0) is 11.5 Å². The molecule has 10 nitrogen and oxygen atoms in total. The molecule has 0 atom stereocenters. The lowest BCUT2D eigenvalue weighted by Crippen LogP contribution is -2.09. The van der Waals surface area contributed by atoms with Crippen LogP contribution in [0.4, 0.5) is 11.4 Å². The van der Waals surface area contributed by atoms with Gasteiger partial charge in [0.1, 0.15) is 6.21 Å². The van der Waals surface area contributed by atoms with Gasteiger partial charge in [0.25, 0.3) is 0 Å². The molecule has 0 saturated carbocycles. The summed E-state index contributed by atoms with van der Waals surface area (Å²) in [4.78, 5) is 35.7. The molecule has 160 valence electrons. The summed E-state index contributed by atoms with van der Waals surface area (Å²) in [6.07, 6.45) is 1.16. The summed E-state index contributed by atoms with van der Waals surface area (Å²) >= 11 is 1.83. The van der Waals surface area contributed by atoms with Gasteiger partial charge < -0.3 is 21.0 Å². The van der Waals surface area contributed by atoms with Crippen molar-refractivity contribution in [3.8, 4) is 0 Å². The maximum atomic E-state index is 11.6. The van der Waals surface area contributed by atoms with Gasteiger partial charge in [-0.3, -0.25) is 10.1 Å². The van der Waals surface area contributed by atoms with Crippen LogP contribution >= 0.6 is 11.8 Å². The van der Waals surface area contributed by atoms with Crippen LogP contribution in [0, 0.1) is 10.1 Å². The largest absolute Gasteiger partial charge is 0.334 e. The van der Waals surface area contributed by atoms with Gasteiger partial charge in [0, 0.05) is 17.2 Å². The Labute approximate surface area is 181 Å². The molecule has 1 aliphatic rings. The molecule has 1 aromatic heterocycles. The first-order valence-corrected chi connectivity index (χ1v) is 10.3. The van der Waals surface area contributed by atoms with Gasteiger partial charge in [0.15, 0.2) is 0 Å². The Morgan fingerprint density at radius 2 is 1.94 bits per heavy atom. The first kappa shape index (κ1) is 22.0. The third-order valence-corrected chi connectivity index (χ3v) is 5.45. The van der Waals surface area contributed by atoms with Gasteiger partial charge in [0.05, 0.1) is 21.6 Å². The average molecular weight is 440 g/mol. The van der Waals surface area contributed by atoms with Crippen LogP contribution in [0.25, 0.3) is 11.0 Å². The zero-order valence-electron chi connectivity index (χ0n) is 16.7. The minimum Gasteiger partial charge on any atom is -0.334 e. The van der Waals surface area contributed by atoms with Crippen LogP contribution in [0.5, 0.6) is 0 Å². The summed E-state index contributed by atoms with van der Waals surface area (Å²) in [5.41, 5.74) is 8.66. The second kappa shape index (κ2) is 9.87. The summed E-state index contributed by atoms with van der Waals surface area (Å²) in [6.45, 7) is 3.43. The van der Waals surface area contributed by atoms with Crippen LogP contribution in [0.2, 0.25) is 0 Å². The number of imidazole rings is 1. The van der Waals surface area contributed by atoms with E-state index in [4.69, 9.17) is 0 Å². The number of aromatic nitrogens is 2. The zero-order valence-corrected chi connectivity index (χ0v) is 17.5. The van der Waals surface area contributed by atoms with Gasteiger partial charge in [-0.05, 0) is 55.2 Å². The number of nitrogens with one attached hydrogen (secondary N) is 3. The average Bonchev–Trinajstić information content (AvgIpc) is 3.38. The Kier molecular flexibility index (Phi) is 7.00. The van der Waals surface area contributed by atoms with Crippen molar-refractivity contribution in [2.24, 2.45) is 15.7 Å². The van der Waals surface area contributed by atoms with Crippen molar-refractivity contribution in [3.05, 3.63) is 79.6 Å². The Morgan fingerprint density at radius 1 is 1.19 bits per heavy atom. The number of allylic oxidation sites excluding steroid dienone is 1. The van der Waals surface area contributed by atoms with Crippen LogP contribution < -0.4 is 16.7 Å². The molecule has 5 N–H and O–H groups in total. The predicted octanol–water partition coefficient (Wildman–Crippen LogP) is 3.14. The molecular weight excluding hydrogens is 418 g/mol. The fourth-order valence-electron chi connectivity index (χ4n) is 3.00. The summed E-state index contributed by atoms with van der Waals surface area (Å²) in [5.74, 6) is 1.85. The summed E-state index contributed by atoms with van der Waals surface area (Å²) in [5, 5.41) is 14.5. The summed E-state index contributed by atoms with van der Waals surface area (Å²) < 4.78 is 0. The van der Waals surface area contributed by atoms with E-state index >= 15 is 0 Å². The highest BCUT2D eigenvalue weighted by molar-refractivity contribution is 7.98. The van der Waals surface area contributed by atoms with Crippen LogP contribution in [-0.4, -0.2) is 34.9 Å². The van der Waals surface area contributed by atoms with Gasteiger partial charge in [-0.1, -0.05) is 6.07 Å². The molecule has 2 aromatic carbocycles. The standard InChI is InChI=1S/C19H16N6O3S.CH5N/c1-20-18(22-14-4-5-15-16(7-14)24-19(26)23-15)17(25(27)28)8-21-13-3-2-11-9-29-10-12(11)6-13;1-2/h2-8,22H,1,9-10H2,(H2,23,24,26);2H2,1H3/b18-17-,21-8?;. The Balaban J connectivity index is 0.00000132. The molecule has 11 heteroatoms. The van der Waals surface area contributed by atoms with Crippen LogP contribution in [0.15, 0.2) is 62.7 Å². The van der Waals surface area contributed by atoms with Gasteiger partial charge >= 0.3 is 11.4 Å². The minimum absolute atomic E-state index is 0.0484. The fourth-order valence-corrected chi connectivity index (χ4v) is 4.09. The van der Waals surface area contributed by atoms with Gasteiger partial charge in [-0.2, -0.15) is 11.8 Å². The Bertz CT molecular complexity index is 1240. The quantitative estimate of drug-likeness (QED) is 0.263. The van der Waals surface area contributed by atoms with Crippen molar-refractivity contribution in [2.75, 3.05) is 12.4 Å². The van der Waals surface area contributed by atoms with Crippen molar-refractivity contribution in [3.63, 3.8) is 0 Å². The molecule has 4 rings (SSSR count). The van der Waals surface area contributed by atoms with Gasteiger partial charge in [0.2, 0.25) is 5.82 Å². The van der Waals surface area contributed by atoms with E-state index in [-0.39, 0.29) is 17.2 Å². The number of fused-ring (bicyclic) bond motifs is 2. The molecule has 0 radical (unpaired) electrons. The molecule has 0 amide bonds. The highest BCUT2D eigenvalue weighted by atomic mass is 32.2. The number of nitro groups is 1. The molecule has 31 heavy (non-hydrogen) atoms. The van der Waals surface area contributed by atoms with Gasteiger partial charge in [-0.25, -0.2) is 14.8 Å². The molecule has 3 aromatic rings. The fraction of sp³-hybridized carbons (Fsp3) is 0.150. The molecular formula is C20H21N7O3S. The predicted molar refractivity (Wildman–Crippen MR) is 126 cm³/mol. The van der Waals surface area contributed by atoms with E-state index in [1.807, 2.05) is 30.0 Å². The Morgan fingerprint density at radius 3 is 2.68 bits per heavy atom. The number of hydrogen-bond acceptors (Lipinski definition) is 8. The number of aliphatic imine (C=N–C) groups is 2. The van der Waals surface area contributed by atoms with Crippen molar-refractivity contribution in [1.82, 2.24) is 9.97 Å². The lowest BCUT2D eigenvalue weighted by molar-refractivity contribution is -0.415. The number of H-pyrrole nitrogens is 2. The van der Waals surface area contributed by atoms with Crippen molar-refractivity contribution >= 4 is 47.1 Å². The molecule has 0 saturated heterocycles. The molecule has 0 bridgehead atoms. The zero-order chi connectivity index (χ0) is 22.4. The second-order valence-corrected chi connectivity index (χ2v) is 7.30. The van der Waals surface area contributed by atoms with Crippen LogP contribution in [0.1, 0.15) is 11.1 Å². The molecule has 0 fully saturated rings. The number of benzene rings is 2. The summed E-state index contributed by atoms with van der Waals surface area (Å²) in [7, 11) is 1.50. The third-order valence-electron chi connectivity index (χ3n) is 4.42. The van der Waals surface area contributed by atoms with Crippen molar-refractivity contribution < 1.29 is 4.92 Å². The normalized spacial score (nSPS) is 13.4. The smallest absolute Gasteiger partial charge is 0.329 e. The molecule has 2 heterocycles. The third kappa shape index (κ3) is 5.08. The van der Waals surface area contributed by atoms with E-state index in [9.17, 15) is 14.9 Å².